The lowest BCUT2D eigenvalue weighted by Gasteiger charge is -2.28. The van der Waals surface area contributed by atoms with E-state index in [1.165, 1.54) is 0 Å². The number of benzene rings is 1. The van der Waals surface area contributed by atoms with Gasteiger partial charge in [0, 0.05) is 11.6 Å². The molecule has 4 N–H and O–H groups in total. The Bertz CT molecular complexity index is 364. The van der Waals surface area contributed by atoms with Crippen LogP contribution in [0.2, 0.25) is 0 Å². The molecule has 1 aliphatic rings. The third kappa shape index (κ3) is 3.35. The number of rotatable bonds is 2. The second-order valence-corrected chi connectivity index (χ2v) is 4.68. The van der Waals surface area contributed by atoms with Crippen molar-refractivity contribution in [2.75, 3.05) is 13.1 Å². The van der Waals surface area contributed by atoms with Crippen molar-refractivity contribution in [3.05, 3.63) is 29.3 Å². The van der Waals surface area contributed by atoms with Crippen LogP contribution in [0, 0.1) is 12.8 Å². The van der Waals surface area contributed by atoms with E-state index in [-0.39, 0.29) is 18.4 Å². The average molecular weight is 257 g/mol. The normalized spacial score (nSPS) is 18.5. The minimum absolute atomic E-state index is 0. The zero-order valence-corrected chi connectivity index (χ0v) is 11.0. The fraction of sp³-hybridized carbons (Fsp3) is 0.538. The van der Waals surface area contributed by atoms with Crippen LogP contribution < -0.4 is 11.1 Å². The van der Waals surface area contributed by atoms with Crippen molar-refractivity contribution in [2.45, 2.75) is 25.8 Å². The van der Waals surface area contributed by atoms with Crippen molar-refractivity contribution in [1.29, 1.82) is 0 Å². The first-order valence-electron chi connectivity index (χ1n) is 5.94. The second kappa shape index (κ2) is 6.24. The van der Waals surface area contributed by atoms with Gasteiger partial charge in [0.2, 0.25) is 0 Å². The summed E-state index contributed by atoms with van der Waals surface area (Å²) in [7, 11) is 0. The van der Waals surface area contributed by atoms with Gasteiger partial charge >= 0.3 is 0 Å². The smallest absolute Gasteiger partial charge is 0.120 e. The van der Waals surface area contributed by atoms with Crippen molar-refractivity contribution in [2.24, 2.45) is 11.7 Å². The molecule has 0 aromatic heterocycles. The summed E-state index contributed by atoms with van der Waals surface area (Å²) in [5.41, 5.74) is 8.19. The second-order valence-electron chi connectivity index (χ2n) is 4.68. The van der Waals surface area contributed by atoms with Crippen molar-refractivity contribution in [1.82, 2.24) is 5.32 Å². The highest BCUT2D eigenvalue weighted by atomic mass is 35.5. The van der Waals surface area contributed by atoms with Crippen LogP contribution in [0.3, 0.4) is 0 Å². The Kier molecular flexibility index (Phi) is 5.25. The fourth-order valence-electron chi connectivity index (χ4n) is 2.39. The molecule has 2 rings (SSSR count). The molecule has 1 fully saturated rings. The highest BCUT2D eigenvalue weighted by Crippen LogP contribution is 2.32. The van der Waals surface area contributed by atoms with Gasteiger partial charge in [-0.15, -0.1) is 12.4 Å². The molecule has 3 nitrogen and oxygen atoms in total. The number of halogens is 1. The van der Waals surface area contributed by atoms with Gasteiger partial charge in [0.1, 0.15) is 5.75 Å². The Morgan fingerprint density at radius 3 is 2.59 bits per heavy atom. The standard InChI is InChI=1S/C13H20N2O.ClH/c1-9-2-3-11(12(16)8-9)13(14)10-4-6-15-7-5-10;/h2-3,8,10,13,15-16H,4-7,14H2,1H3;1H/t13-;/m1./s1. The Morgan fingerprint density at radius 1 is 1.35 bits per heavy atom. The van der Waals surface area contributed by atoms with Gasteiger partial charge in [0.25, 0.3) is 0 Å². The average Bonchev–Trinajstić information content (AvgIpc) is 2.29. The summed E-state index contributed by atoms with van der Waals surface area (Å²) in [6, 6.07) is 5.71. The Balaban J connectivity index is 0.00000144. The lowest BCUT2D eigenvalue weighted by atomic mass is 9.86. The first-order chi connectivity index (χ1) is 7.68. The van der Waals surface area contributed by atoms with Gasteiger partial charge < -0.3 is 16.2 Å². The molecule has 96 valence electrons. The molecule has 0 amide bonds. The maximum atomic E-state index is 9.90. The highest BCUT2D eigenvalue weighted by Gasteiger charge is 2.23. The maximum absolute atomic E-state index is 9.90. The Labute approximate surface area is 109 Å². The largest absolute Gasteiger partial charge is 0.508 e. The van der Waals surface area contributed by atoms with E-state index in [0.29, 0.717) is 11.7 Å². The lowest BCUT2D eigenvalue weighted by Crippen LogP contribution is -2.33. The molecule has 1 aromatic rings. The molecule has 0 aliphatic carbocycles. The monoisotopic (exact) mass is 256 g/mol. The molecule has 4 heteroatoms. The molecule has 0 radical (unpaired) electrons. The number of phenolic OH excluding ortho intramolecular Hbond substituents is 1. The van der Waals surface area contributed by atoms with E-state index < -0.39 is 0 Å². The van der Waals surface area contributed by atoms with Crippen LogP contribution in [0.1, 0.15) is 30.0 Å². The minimum atomic E-state index is -0.0392. The Hall–Kier alpha value is -0.770. The zero-order chi connectivity index (χ0) is 11.5. The predicted octanol–water partition coefficient (Wildman–Crippen LogP) is 2.12. The van der Waals surface area contributed by atoms with Crippen molar-refractivity contribution < 1.29 is 5.11 Å². The molecule has 0 bridgehead atoms. The lowest BCUT2D eigenvalue weighted by molar-refractivity contribution is 0.316. The van der Waals surface area contributed by atoms with E-state index >= 15 is 0 Å². The summed E-state index contributed by atoms with van der Waals surface area (Å²) >= 11 is 0. The number of phenols is 1. The number of nitrogens with two attached hydrogens (primary N) is 1. The van der Waals surface area contributed by atoms with Crippen molar-refractivity contribution >= 4 is 12.4 Å². The zero-order valence-electron chi connectivity index (χ0n) is 10.1. The van der Waals surface area contributed by atoms with E-state index in [1.807, 2.05) is 19.1 Å². The molecular weight excluding hydrogens is 236 g/mol. The van der Waals surface area contributed by atoms with Crippen LogP contribution in [0.5, 0.6) is 5.75 Å². The van der Waals surface area contributed by atoms with Crippen LogP contribution in [-0.2, 0) is 0 Å². The minimum Gasteiger partial charge on any atom is -0.508 e. The molecule has 1 atom stereocenters. The summed E-state index contributed by atoms with van der Waals surface area (Å²) in [6.45, 7) is 4.04. The number of hydrogen-bond acceptors (Lipinski definition) is 3. The van der Waals surface area contributed by atoms with Gasteiger partial charge in [-0.25, -0.2) is 0 Å². The molecule has 1 aliphatic heterocycles. The SMILES string of the molecule is Cc1ccc([C@H](N)C2CCNCC2)c(O)c1.Cl. The maximum Gasteiger partial charge on any atom is 0.120 e. The van der Waals surface area contributed by atoms with Gasteiger partial charge in [-0.05, 0) is 50.4 Å². The van der Waals surface area contributed by atoms with Crippen molar-refractivity contribution in [3.8, 4) is 5.75 Å². The first kappa shape index (κ1) is 14.3. The number of aryl methyl sites for hydroxylation is 1. The Morgan fingerprint density at radius 2 is 2.00 bits per heavy atom. The molecule has 1 aromatic carbocycles. The van der Waals surface area contributed by atoms with E-state index in [4.69, 9.17) is 5.73 Å². The summed E-state index contributed by atoms with van der Waals surface area (Å²) in [6.07, 6.45) is 2.18. The van der Waals surface area contributed by atoms with E-state index in [2.05, 4.69) is 5.32 Å². The van der Waals surface area contributed by atoms with Crippen LogP contribution >= 0.6 is 12.4 Å². The van der Waals surface area contributed by atoms with Gasteiger partial charge in [0.05, 0.1) is 0 Å². The van der Waals surface area contributed by atoms with Gasteiger partial charge in [-0.2, -0.15) is 0 Å². The van der Waals surface area contributed by atoms with Gasteiger partial charge in [-0.1, -0.05) is 12.1 Å². The number of piperidine rings is 1. The molecular formula is C13H21ClN2O. The summed E-state index contributed by atoms with van der Waals surface area (Å²) in [5.74, 6) is 0.820. The summed E-state index contributed by atoms with van der Waals surface area (Å²) < 4.78 is 0. The fourth-order valence-corrected chi connectivity index (χ4v) is 2.39. The summed E-state index contributed by atoms with van der Waals surface area (Å²) in [4.78, 5) is 0. The van der Waals surface area contributed by atoms with Gasteiger partial charge in [0.15, 0.2) is 0 Å². The number of hydrogen-bond donors (Lipinski definition) is 3. The van der Waals surface area contributed by atoms with Crippen LogP contribution in [0.4, 0.5) is 0 Å². The van der Waals surface area contributed by atoms with Crippen LogP contribution in [0.15, 0.2) is 18.2 Å². The highest BCUT2D eigenvalue weighted by molar-refractivity contribution is 5.85. The van der Waals surface area contributed by atoms with E-state index in [9.17, 15) is 5.11 Å². The predicted molar refractivity (Wildman–Crippen MR) is 72.6 cm³/mol. The molecule has 1 saturated heterocycles. The summed E-state index contributed by atoms with van der Waals surface area (Å²) in [5, 5.41) is 13.2. The molecule has 0 saturated carbocycles. The van der Waals surface area contributed by atoms with E-state index in [0.717, 1.165) is 37.1 Å². The quantitative estimate of drug-likeness (QED) is 0.760. The molecule has 0 unspecified atom stereocenters. The van der Waals surface area contributed by atoms with Gasteiger partial charge in [-0.3, -0.25) is 0 Å². The number of aromatic hydroxyl groups is 1. The first-order valence-corrected chi connectivity index (χ1v) is 5.94. The third-order valence-electron chi connectivity index (χ3n) is 3.44. The van der Waals surface area contributed by atoms with Crippen molar-refractivity contribution in [3.63, 3.8) is 0 Å². The molecule has 0 spiro atoms. The third-order valence-corrected chi connectivity index (χ3v) is 3.44. The number of nitrogens with one attached hydrogen (secondary N) is 1. The van der Waals surface area contributed by atoms with Crippen LogP contribution in [-0.4, -0.2) is 18.2 Å². The topological polar surface area (TPSA) is 58.3 Å². The molecule has 17 heavy (non-hydrogen) atoms. The molecule has 1 heterocycles. The van der Waals surface area contributed by atoms with E-state index in [1.54, 1.807) is 6.07 Å². The van der Waals surface area contributed by atoms with Crippen LogP contribution in [0.25, 0.3) is 0 Å².